The highest BCUT2D eigenvalue weighted by atomic mass is 16.4. The summed E-state index contributed by atoms with van der Waals surface area (Å²) in [6.45, 7) is 10.3. The molecule has 122 valence electrons. The van der Waals surface area contributed by atoms with Crippen molar-refractivity contribution in [2.75, 3.05) is 0 Å². The zero-order valence-corrected chi connectivity index (χ0v) is 14.0. The molecule has 2 amide bonds. The number of piperidine rings is 1. The largest absolute Gasteiger partial charge is 0.481 e. The smallest absolute Gasteiger partial charge is 0.318 e. The molecule has 1 saturated heterocycles. The van der Waals surface area contributed by atoms with Crippen LogP contribution in [-0.4, -0.2) is 40.1 Å². The van der Waals surface area contributed by atoms with Crippen molar-refractivity contribution in [2.45, 2.75) is 84.8 Å². The zero-order valence-electron chi connectivity index (χ0n) is 14.0. The van der Waals surface area contributed by atoms with Gasteiger partial charge < -0.3 is 15.3 Å². The molecule has 3 atom stereocenters. The molecule has 21 heavy (non-hydrogen) atoms. The fraction of sp³-hybridized carbons (Fsp3) is 0.875. The first kappa shape index (κ1) is 17.8. The van der Waals surface area contributed by atoms with E-state index in [1.54, 1.807) is 0 Å². The van der Waals surface area contributed by atoms with Gasteiger partial charge in [0.05, 0.1) is 6.42 Å². The Labute approximate surface area is 128 Å². The monoisotopic (exact) mass is 298 g/mol. The predicted molar refractivity (Wildman–Crippen MR) is 83.3 cm³/mol. The molecule has 1 heterocycles. The molecule has 0 spiro atoms. The number of aliphatic carboxylic acids is 1. The van der Waals surface area contributed by atoms with Crippen molar-refractivity contribution in [1.29, 1.82) is 0 Å². The molecule has 1 aliphatic heterocycles. The van der Waals surface area contributed by atoms with Gasteiger partial charge in [-0.3, -0.25) is 4.79 Å². The van der Waals surface area contributed by atoms with Crippen LogP contribution in [0, 0.1) is 5.41 Å². The summed E-state index contributed by atoms with van der Waals surface area (Å²) in [6, 6.07) is -0.00995. The van der Waals surface area contributed by atoms with Crippen LogP contribution in [0.2, 0.25) is 0 Å². The van der Waals surface area contributed by atoms with Crippen LogP contribution in [-0.2, 0) is 4.79 Å². The number of urea groups is 1. The molecule has 0 bridgehead atoms. The molecule has 1 rings (SSSR count). The molecular weight excluding hydrogens is 268 g/mol. The number of likely N-dealkylation sites (tertiary alicyclic amines) is 1. The van der Waals surface area contributed by atoms with Crippen molar-refractivity contribution >= 4 is 12.0 Å². The lowest BCUT2D eigenvalue weighted by molar-refractivity contribution is -0.137. The summed E-state index contributed by atoms with van der Waals surface area (Å²) in [4.78, 5) is 25.4. The lowest BCUT2D eigenvalue weighted by Crippen LogP contribution is -2.54. The second-order valence-corrected chi connectivity index (χ2v) is 7.55. The van der Waals surface area contributed by atoms with Crippen molar-refractivity contribution in [2.24, 2.45) is 5.41 Å². The summed E-state index contributed by atoms with van der Waals surface area (Å²) in [5.41, 5.74) is -0.0213. The second-order valence-electron chi connectivity index (χ2n) is 7.55. The van der Waals surface area contributed by atoms with Crippen molar-refractivity contribution in [3.63, 3.8) is 0 Å². The summed E-state index contributed by atoms with van der Waals surface area (Å²) in [7, 11) is 0. The normalized spacial score (nSPS) is 24.5. The van der Waals surface area contributed by atoms with Crippen molar-refractivity contribution < 1.29 is 14.7 Å². The van der Waals surface area contributed by atoms with E-state index in [9.17, 15) is 9.59 Å². The van der Waals surface area contributed by atoms with Gasteiger partial charge in [0, 0.05) is 18.1 Å². The summed E-state index contributed by atoms with van der Waals surface area (Å²) in [5.74, 6) is -0.871. The Morgan fingerprint density at radius 3 is 2.19 bits per heavy atom. The van der Waals surface area contributed by atoms with E-state index < -0.39 is 5.97 Å². The molecule has 1 aliphatic rings. The lowest BCUT2D eigenvalue weighted by Gasteiger charge is -2.40. The van der Waals surface area contributed by atoms with Crippen molar-refractivity contribution in [1.82, 2.24) is 10.2 Å². The molecule has 3 unspecified atom stereocenters. The minimum Gasteiger partial charge on any atom is -0.481 e. The molecule has 5 heteroatoms. The first-order valence-electron chi connectivity index (χ1n) is 7.91. The minimum absolute atomic E-state index is 0.0213. The maximum atomic E-state index is 12.5. The predicted octanol–water partition coefficient (Wildman–Crippen LogP) is 3.24. The summed E-state index contributed by atoms with van der Waals surface area (Å²) < 4.78 is 0. The number of amides is 2. The van der Waals surface area contributed by atoms with E-state index in [2.05, 4.69) is 39.9 Å². The Bertz CT molecular complexity index is 366. The van der Waals surface area contributed by atoms with Crippen molar-refractivity contribution in [3.05, 3.63) is 0 Å². The van der Waals surface area contributed by atoms with E-state index in [0.29, 0.717) is 6.42 Å². The Morgan fingerprint density at radius 1 is 1.24 bits per heavy atom. The average molecular weight is 298 g/mol. The number of carboxylic acids is 1. The number of carbonyl (C=O) groups is 2. The Hall–Kier alpha value is -1.26. The van der Waals surface area contributed by atoms with Crippen molar-refractivity contribution in [3.8, 4) is 0 Å². The van der Waals surface area contributed by atoms with Gasteiger partial charge in [0.2, 0.25) is 0 Å². The first-order valence-corrected chi connectivity index (χ1v) is 7.91. The number of nitrogens with one attached hydrogen (secondary N) is 1. The lowest BCUT2D eigenvalue weighted by atomic mass is 9.87. The van der Waals surface area contributed by atoms with E-state index in [4.69, 9.17) is 5.11 Å². The van der Waals surface area contributed by atoms with Gasteiger partial charge in [-0.2, -0.15) is 0 Å². The second kappa shape index (κ2) is 7.14. The summed E-state index contributed by atoms with van der Waals surface area (Å²) in [5, 5.41) is 12.0. The molecule has 0 aromatic carbocycles. The average Bonchev–Trinajstić information content (AvgIpc) is 2.24. The number of hydrogen-bond acceptors (Lipinski definition) is 2. The van der Waals surface area contributed by atoms with E-state index in [1.807, 2.05) is 4.90 Å². The maximum Gasteiger partial charge on any atom is 0.318 e. The van der Waals surface area contributed by atoms with Gasteiger partial charge >= 0.3 is 12.0 Å². The highest BCUT2D eigenvalue weighted by Crippen LogP contribution is 2.25. The third-order valence-electron chi connectivity index (χ3n) is 4.04. The number of carboxylic acid groups (broad SMARTS) is 1. The quantitative estimate of drug-likeness (QED) is 0.837. The van der Waals surface area contributed by atoms with Crippen LogP contribution in [0.15, 0.2) is 0 Å². The molecule has 2 N–H and O–H groups in total. The van der Waals surface area contributed by atoms with Crippen LogP contribution < -0.4 is 5.32 Å². The molecule has 0 radical (unpaired) electrons. The van der Waals surface area contributed by atoms with Gasteiger partial charge in [-0.25, -0.2) is 4.79 Å². The summed E-state index contributed by atoms with van der Waals surface area (Å²) in [6.07, 6.45) is 3.80. The SMILES string of the molecule is CC1CCCC(C)N1C(=O)NC(CC(=O)O)CC(C)(C)C. The van der Waals surface area contributed by atoms with Crippen LogP contribution in [0.5, 0.6) is 0 Å². The Balaban J connectivity index is 2.72. The fourth-order valence-electron chi connectivity index (χ4n) is 3.19. The third-order valence-corrected chi connectivity index (χ3v) is 4.04. The van der Waals surface area contributed by atoms with Gasteiger partial charge in [-0.1, -0.05) is 20.8 Å². The molecule has 0 saturated carbocycles. The van der Waals surface area contributed by atoms with Crippen LogP contribution >= 0.6 is 0 Å². The Morgan fingerprint density at radius 2 is 1.76 bits per heavy atom. The van der Waals surface area contributed by atoms with Gasteiger partial charge in [0.15, 0.2) is 0 Å². The number of rotatable bonds is 4. The van der Waals surface area contributed by atoms with E-state index >= 15 is 0 Å². The van der Waals surface area contributed by atoms with E-state index in [0.717, 1.165) is 19.3 Å². The van der Waals surface area contributed by atoms with Gasteiger partial charge in [0.1, 0.15) is 0 Å². The first-order chi connectivity index (χ1) is 9.60. The van der Waals surface area contributed by atoms with E-state index in [-0.39, 0.29) is 36.0 Å². The third kappa shape index (κ3) is 5.94. The fourth-order valence-corrected chi connectivity index (χ4v) is 3.19. The molecule has 0 aromatic rings. The standard InChI is InChI=1S/C16H30N2O3/c1-11-7-6-8-12(2)18(11)15(21)17-13(9-14(19)20)10-16(3,4)5/h11-13H,6-10H2,1-5H3,(H,17,21)(H,19,20). The van der Waals surface area contributed by atoms with Gasteiger partial charge in [0.25, 0.3) is 0 Å². The number of nitrogens with zero attached hydrogens (tertiary/aromatic N) is 1. The van der Waals surface area contributed by atoms with Gasteiger partial charge in [-0.05, 0) is 44.9 Å². The minimum atomic E-state index is -0.871. The molecule has 0 aromatic heterocycles. The molecular formula is C16H30N2O3. The van der Waals surface area contributed by atoms with E-state index in [1.165, 1.54) is 0 Å². The van der Waals surface area contributed by atoms with Gasteiger partial charge in [-0.15, -0.1) is 0 Å². The number of carbonyl (C=O) groups excluding carboxylic acids is 1. The topological polar surface area (TPSA) is 69.6 Å². The van der Waals surface area contributed by atoms with Crippen LogP contribution in [0.25, 0.3) is 0 Å². The zero-order chi connectivity index (χ0) is 16.2. The Kier molecular flexibility index (Phi) is 6.05. The number of hydrogen-bond donors (Lipinski definition) is 2. The van der Waals surface area contributed by atoms with Crippen LogP contribution in [0.1, 0.15) is 66.7 Å². The summed E-state index contributed by atoms with van der Waals surface area (Å²) >= 11 is 0. The highest BCUT2D eigenvalue weighted by Gasteiger charge is 2.31. The maximum absolute atomic E-state index is 12.5. The molecule has 0 aliphatic carbocycles. The van der Waals surface area contributed by atoms with Crippen LogP contribution in [0.4, 0.5) is 4.79 Å². The van der Waals surface area contributed by atoms with Crippen LogP contribution in [0.3, 0.4) is 0 Å². The molecule has 1 fully saturated rings. The molecule has 5 nitrogen and oxygen atoms in total. The highest BCUT2D eigenvalue weighted by molar-refractivity contribution is 5.76.